The van der Waals surface area contributed by atoms with Crippen LogP contribution in [0.3, 0.4) is 0 Å². The Morgan fingerprint density at radius 3 is 2.83 bits per heavy atom. The Morgan fingerprint density at radius 2 is 2.00 bits per heavy atom. The van der Waals surface area contributed by atoms with Crippen LogP contribution in [0.5, 0.6) is 0 Å². The van der Waals surface area contributed by atoms with Gasteiger partial charge in [-0.25, -0.2) is 24.3 Å². The minimum atomic E-state index is -0.265. The Labute approximate surface area is 138 Å². The van der Waals surface area contributed by atoms with E-state index in [0.717, 1.165) is 29.8 Å². The molecule has 0 bridgehead atoms. The molecule has 4 heterocycles. The van der Waals surface area contributed by atoms with Crippen molar-refractivity contribution in [2.24, 2.45) is 0 Å². The maximum Gasteiger partial charge on any atom is 0.162 e. The van der Waals surface area contributed by atoms with Gasteiger partial charge in [0.2, 0.25) is 0 Å². The molecule has 0 saturated carbocycles. The van der Waals surface area contributed by atoms with Crippen LogP contribution in [0.4, 0.5) is 4.39 Å². The molecule has 120 valence electrons. The summed E-state index contributed by atoms with van der Waals surface area (Å²) < 4.78 is 13.8. The van der Waals surface area contributed by atoms with Crippen molar-refractivity contribution in [3.63, 3.8) is 0 Å². The lowest BCUT2D eigenvalue weighted by Gasteiger charge is -2.27. The van der Waals surface area contributed by atoms with E-state index < -0.39 is 0 Å². The van der Waals surface area contributed by atoms with Crippen molar-refractivity contribution in [1.29, 1.82) is 0 Å². The standard InChI is InChI=1S/C17H15FN6/c18-14-2-1-4-21-16(14)10-24-5-3-15-13(9-24)8-22-17(23-15)12-6-19-11-20-7-12/h1-2,4,6-8,11H,3,5,9-10H2. The van der Waals surface area contributed by atoms with E-state index >= 15 is 0 Å². The lowest BCUT2D eigenvalue weighted by Crippen LogP contribution is -2.31. The van der Waals surface area contributed by atoms with Crippen molar-refractivity contribution >= 4 is 0 Å². The van der Waals surface area contributed by atoms with Gasteiger partial charge in [0.1, 0.15) is 12.1 Å². The highest BCUT2D eigenvalue weighted by Crippen LogP contribution is 2.21. The first-order valence-electron chi connectivity index (χ1n) is 7.71. The second kappa shape index (κ2) is 6.37. The third-order valence-corrected chi connectivity index (χ3v) is 4.04. The molecule has 0 radical (unpaired) electrons. The van der Waals surface area contributed by atoms with Gasteiger partial charge in [0, 0.05) is 56.4 Å². The molecule has 3 aromatic heterocycles. The van der Waals surface area contributed by atoms with Gasteiger partial charge in [0.05, 0.1) is 17.0 Å². The zero-order valence-electron chi connectivity index (χ0n) is 12.9. The topological polar surface area (TPSA) is 67.7 Å². The van der Waals surface area contributed by atoms with E-state index in [-0.39, 0.29) is 5.82 Å². The number of aromatic nitrogens is 5. The molecule has 0 fully saturated rings. The average Bonchev–Trinajstić information content (AvgIpc) is 2.64. The average molecular weight is 322 g/mol. The summed E-state index contributed by atoms with van der Waals surface area (Å²) in [5, 5.41) is 0. The normalized spacial score (nSPS) is 14.4. The van der Waals surface area contributed by atoms with Crippen molar-refractivity contribution < 1.29 is 4.39 Å². The molecule has 0 saturated heterocycles. The first-order chi connectivity index (χ1) is 11.8. The summed E-state index contributed by atoms with van der Waals surface area (Å²) in [6, 6.07) is 3.05. The quantitative estimate of drug-likeness (QED) is 0.735. The van der Waals surface area contributed by atoms with Crippen LogP contribution in [0.2, 0.25) is 0 Å². The molecular formula is C17H15FN6. The first kappa shape index (κ1) is 14.8. The molecule has 0 amide bonds. The number of rotatable bonds is 3. The van der Waals surface area contributed by atoms with E-state index in [1.54, 1.807) is 24.7 Å². The van der Waals surface area contributed by atoms with Crippen LogP contribution in [0.1, 0.15) is 17.0 Å². The van der Waals surface area contributed by atoms with Gasteiger partial charge >= 0.3 is 0 Å². The fourth-order valence-electron chi connectivity index (χ4n) is 2.81. The summed E-state index contributed by atoms with van der Waals surface area (Å²) in [5.41, 5.74) is 3.37. The van der Waals surface area contributed by atoms with Gasteiger partial charge in [0.25, 0.3) is 0 Å². The first-order valence-corrected chi connectivity index (χ1v) is 7.71. The van der Waals surface area contributed by atoms with Gasteiger partial charge < -0.3 is 0 Å². The lowest BCUT2D eigenvalue weighted by atomic mass is 10.1. The summed E-state index contributed by atoms with van der Waals surface area (Å²) in [6.07, 6.45) is 9.14. The molecule has 1 aliphatic heterocycles. The molecule has 24 heavy (non-hydrogen) atoms. The van der Waals surface area contributed by atoms with Crippen LogP contribution >= 0.6 is 0 Å². The number of hydrogen-bond donors (Lipinski definition) is 0. The lowest BCUT2D eigenvalue weighted by molar-refractivity contribution is 0.236. The third-order valence-electron chi connectivity index (χ3n) is 4.04. The van der Waals surface area contributed by atoms with Crippen LogP contribution in [0, 0.1) is 5.82 Å². The predicted octanol–water partition coefficient (Wildman–Crippen LogP) is 2.03. The summed E-state index contributed by atoms with van der Waals surface area (Å²) in [4.78, 5) is 23.3. The molecule has 7 heteroatoms. The number of pyridine rings is 1. The molecule has 4 rings (SSSR count). The molecule has 6 nitrogen and oxygen atoms in total. The molecule has 0 aliphatic carbocycles. The summed E-state index contributed by atoms with van der Waals surface area (Å²) >= 11 is 0. The fraction of sp³-hybridized carbons (Fsp3) is 0.235. The number of nitrogens with zero attached hydrogens (tertiary/aromatic N) is 6. The number of fused-ring (bicyclic) bond motifs is 1. The van der Waals surface area contributed by atoms with Gasteiger partial charge in [-0.15, -0.1) is 0 Å². The number of halogens is 1. The molecule has 3 aromatic rings. The Hall–Kier alpha value is -2.80. The minimum Gasteiger partial charge on any atom is -0.293 e. The van der Waals surface area contributed by atoms with Crippen LogP contribution in [-0.2, 0) is 19.5 Å². The zero-order chi connectivity index (χ0) is 16.4. The SMILES string of the molecule is Fc1cccnc1CN1CCc2nc(-c3cncnc3)ncc2C1. The highest BCUT2D eigenvalue weighted by atomic mass is 19.1. The van der Waals surface area contributed by atoms with Crippen LogP contribution < -0.4 is 0 Å². The zero-order valence-corrected chi connectivity index (χ0v) is 12.9. The summed E-state index contributed by atoms with van der Waals surface area (Å²) in [5.74, 6) is 0.373. The second-order valence-corrected chi connectivity index (χ2v) is 5.69. The van der Waals surface area contributed by atoms with Gasteiger partial charge in [-0.3, -0.25) is 9.88 Å². The highest BCUT2D eigenvalue weighted by molar-refractivity contribution is 5.52. The fourth-order valence-corrected chi connectivity index (χ4v) is 2.81. The summed E-state index contributed by atoms with van der Waals surface area (Å²) in [7, 11) is 0. The maximum absolute atomic E-state index is 13.8. The van der Waals surface area contributed by atoms with Crippen LogP contribution in [-0.4, -0.2) is 36.4 Å². The van der Waals surface area contributed by atoms with E-state index in [1.807, 2.05) is 6.20 Å². The highest BCUT2D eigenvalue weighted by Gasteiger charge is 2.20. The van der Waals surface area contributed by atoms with E-state index in [2.05, 4.69) is 29.8 Å². The van der Waals surface area contributed by atoms with Crippen molar-refractivity contribution in [1.82, 2.24) is 29.8 Å². The van der Waals surface area contributed by atoms with Gasteiger partial charge in [0.15, 0.2) is 5.82 Å². The van der Waals surface area contributed by atoms with Crippen molar-refractivity contribution in [2.75, 3.05) is 6.54 Å². The Balaban J connectivity index is 1.53. The second-order valence-electron chi connectivity index (χ2n) is 5.69. The molecule has 0 N–H and O–H groups in total. The monoisotopic (exact) mass is 322 g/mol. The molecule has 0 aromatic carbocycles. The number of hydrogen-bond acceptors (Lipinski definition) is 6. The largest absolute Gasteiger partial charge is 0.293 e. The smallest absolute Gasteiger partial charge is 0.162 e. The maximum atomic E-state index is 13.8. The third kappa shape index (κ3) is 2.98. The minimum absolute atomic E-state index is 0.265. The van der Waals surface area contributed by atoms with Crippen LogP contribution in [0.25, 0.3) is 11.4 Å². The van der Waals surface area contributed by atoms with Crippen LogP contribution in [0.15, 0.2) is 43.2 Å². The Morgan fingerprint density at radius 1 is 1.12 bits per heavy atom. The van der Waals surface area contributed by atoms with E-state index in [9.17, 15) is 4.39 Å². The van der Waals surface area contributed by atoms with E-state index in [0.29, 0.717) is 24.6 Å². The van der Waals surface area contributed by atoms with Crippen molar-refractivity contribution in [3.8, 4) is 11.4 Å². The molecule has 0 unspecified atom stereocenters. The van der Waals surface area contributed by atoms with E-state index in [4.69, 9.17) is 0 Å². The van der Waals surface area contributed by atoms with Crippen molar-refractivity contribution in [3.05, 3.63) is 66.0 Å². The van der Waals surface area contributed by atoms with Gasteiger partial charge in [-0.2, -0.15) is 0 Å². The van der Waals surface area contributed by atoms with Gasteiger partial charge in [-0.1, -0.05) is 0 Å². The van der Waals surface area contributed by atoms with Crippen molar-refractivity contribution in [2.45, 2.75) is 19.5 Å². The molecule has 0 atom stereocenters. The Kier molecular flexibility index (Phi) is 3.92. The molecule has 1 aliphatic rings. The molecule has 0 spiro atoms. The predicted molar refractivity (Wildman–Crippen MR) is 85.1 cm³/mol. The van der Waals surface area contributed by atoms with E-state index in [1.165, 1.54) is 12.4 Å². The Bertz CT molecular complexity index is 855. The van der Waals surface area contributed by atoms with Gasteiger partial charge in [-0.05, 0) is 12.1 Å². The molecular weight excluding hydrogens is 307 g/mol. The summed E-state index contributed by atoms with van der Waals surface area (Å²) in [6.45, 7) is 1.99.